The summed E-state index contributed by atoms with van der Waals surface area (Å²) in [5.74, 6) is 0.733. The van der Waals surface area contributed by atoms with Crippen molar-refractivity contribution in [1.29, 1.82) is 0 Å². The van der Waals surface area contributed by atoms with E-state index < -0.39 is 0 Å². The molecule has 0 aliphatic rings. The summed E-state index contributed by atoms with van der Waals surface area (Å²) < 4.78 is 0. The van der Waals surface area contributed by atoms with E-state index in [2.05, 4.69) is 25.4 Å². The van der Waals surface area contributed by atoms with Crippen molar-refractivity contribution in [2.45, 2.75) is 0 Å². The maximum atomic E-state index is 3.80. The number of aromatic amines is 2. The zero-order chi connectivity index (χ0) is 8.23. The number of hydrogen-bond donors (Lipinski definition) is 2. The van der Waals surface area contributed by atoms with Crippen LogP contribution in [0.4, 0.5) is 0 Å². The molecule has 0 saturated carbocycles. The molecule has 0 bridgehead atoms. The van der Waals surface area contributed by atoms with Crippen molar-refractivity contribution in [3.63, 3.8) is 0 Å². The Morgan fingerprint density at radius 3 is 3.00 bits per heavy atom. The smallest absolute Gasteiger partial charge is 0.153 e. The minimum absolute atomic E-state index is 0.733. The lowest BCUT2D eigenvalue weighted by molar-refractivity contribution is 1.08. The van der Waals surface area contributed by atoms with Crippen molar-refractivity contribution < 1.29 is 0 Å². The van der Waals surface area contributed by atoms with Crippen LogP contribution in [0.15, 0.2) is 18.7 Å². The zero-order valence-corrected chi connectivity index (χ0v) is 6.23. The zero-order valence-electron chi connectivity index (χ0n) is 6.23. The molecule has 0 aliphatic heterocycles. The molecule has 0 aliphatic carbocycles. The van der Waals surface area contributed by atoms with Crippen LogP contribution in [0.2, 0.25) is 0 Å². The third-order valence-electron chi connectivity index (χ3n) is 1.39. The molecule has 2 rings (SSSR count). The van der Waals surface area contributed by atoms with Crippen molar-refractivity contribution in [1.82, 2.24) is 25.4 Å². The topological polar surface area (TPSA) is 70.2 Å². The Bertz CT molecular complexity index is 309. The highest BCUT2D eigenvalue weighted by atomic mass is 15.2. The van der Waals surface area contributed by atoms with E-state index in [1.54, 1.807) is 12.4 Å². The summed E-state index contributed by atoms with van der Waals surface area (Å²) in [4.78, 5) is 2.86. The van der Waals surface area contributed by atoms with Gasteiger partial charge >= 0.3 is 0 Å². The largest absolute Gasteiger partial charge is 0.328 e. The maximum Gasteiger partial charge on any atom is 0.153 e. The van der Waals surface area contributed by atoms with Gasteiger partial charge < -0.3 is 4.98 Å². The molecule has 0 aromatic carbocycles. The van der Waals surface area contributed by atoms with Crippen molar-refractivity contribution in [3.8, 4) is 0 Å². The fourth-order valence-electron chi connectivity index (χ4n) is 0.824. The lowest BCUT2D eigenvalue weighted by Crippen LogP contribution is -1.73. The minimum atomic E-state index is 0.733. The summed E-state index contributed by atoms with van der Waals surface area (Å²) in [5, 5.41) is 13.9. The maximum absolute atomic E-state index is 3.80. The van der Waals surface area contributed by atoms with Crippen LogP contribution < -0.4 is 0 Å². The predicted octanol–water partition coefficient (Wildman–Crippen LogP) is 0.698. The number of nitrogens with one attached hydrogen (secondary N) is 2. The number of hydrogen-bond acceptors (Lipinski definition) is 3. The Morgan fingerprint density at radius 2 is 2.33 bits per heavy atom. The molecular weight excluding hydrogens is 154 g/mol. The molecule has 2 N–H and O–H groups in total. The predicted molar refractivity (Wildman–Crippen MR) is 43.9 cm³/mol. The van der Waals surface area contributed by atoms with E-state index in [4.69, 9.17) is 0 Å². The van der Waals surface area contributed by atoms with Gasteiger partial charge in [-0.2, -0.15) is 5.10 Å². The van der Waals surface area contributed by atoms with Crippen LogP contribution in [0.3, 0.4) is 0 Å². The Hall–Kier alpha value is -1.91. The first-order chi connectivity index (χ1) is 5.95. The van der Waals surface area contributed by atoms with Crippen molar-refractivity contribution in [2.24, 2.45) is 0 Å². The number of nitrogens with zero attached hydrogens (tertiary/aromatic N) is 3. The van der Waals surface area contributed by atoms with Gasteiger partial charge in [-0.15, -0.1) is 10.2 Å². The summed E-state index contributed by atoms with van der Waals surface area (Å²) >= 11 is 0. The Labute approximate surface area is 68.5 Å². The average molecular weight is 161 g/mol. The van der Waals surface area contributed by atoms with Gasteiger partial charge in [0.1, 0.15) is 6.33 Å². The molecule has 2 aromatic rings. The number of aromatic nitrogens is 5. The van der Waals surface area contributed by atoms with Gasteiger partial charge in [0, 0.05) is 11.8 Å². The van der Waals surface area contributed by atoms with Crippen LogP contribution in [-0.4, -0.2) is 25.4 Å². The van der Waals surface area contributed by atoms with Crippen molar-refractivity contribution in [3.05, 3.63) is 30.1 Å². The van der Waals surface area contributed by atoms with E-state index >= 15 is 0 Å². The van der Waals surface area contributed by atoms with Crippen LogP contribution in [0.5, 0.6) is 0 Å². The third-order valence-corrected chi connectivity index (χ3v) is 1.39. The fraction of sp³-hybridized carbons (Fsp3) is 0. The highest BCUT2D eigenvalue weighted by molar-refractivity contribution is 5.65. The van der Waals surface area contributed by atoms with Crippen molar-refractivity contribution >= 4 is 12.2 Å². The first-order valence-corrected chi connectivity index (χ1v) is 3.48. The Kier molecular flexibility index (Phi) is 1.69. The van der Waals surface area contributed by atoms with Crippen LogP contribution in [0.1, 0.15) is 11.4 Å². The summed E-state index contributed by atoms with van der Waals surface area (Å²) in [7, 11) is 0. The van der Waals surface area contributed by atoms with Gasteiger partial charge in [-0.05, 0) is 12.2 Å². The highest BCUT2D eigenvalue weighted by Gasteiger charge is 1.88. The summed E-state index contributed by atoms with van der Waals surface area (Å²) in [5.41, 5.74) is 1.01. The molecule has 2 aromatic heterocycles. The molecule has 0 radical (unpaired) electrons. The molecule has 0 unspecified atom stereocenters. The molecule has 0 fully saturated rings. The van der Waals surface area contributed by atoms with Crippen LogP contribution in [0, 0.1) is 0 Å². The first kappa shape index (κ1) is 6.78. The van der Waals surface area contributed by atoms with Gasteiger partial charge in [-0.25, -0.2) is 0 Å². The molecule has 12 heavy (non-hydrogen) atoms. The molecule has 0 amide bonds. The average Bonchev–Trinajstić information content (AvgIpc) is 2.74. The molecule has 5 nitrogen and oxygen atoms in total. The second kappa shape index (κ2) is 3.00. The van der Waals surface area contributed by atoms with Gasteiger partial charge in [-0.3, -0.25) is 5.10 Å². The lowest BCUT2D eigenvalue weighted by atomic mass is 10.3. The highest BCUT2D eigenvalue weighted by Crippen LogP contribution is 2.00. The molecule has 2 heterocycles. The van der Waals surface area contributed by atoms with Crippen LogP contribution in [-0.2, 0) is 0 Å². The molecule has 0 saturated heterocycles. The third kappa shape index (κ3) is 1.39. The van der Waals surface area contributed by atoms with E-state index in [0.29, 0.717) is 0 Å². The number of H-pyrrole nitrogens is 2. The Balaban J connectivity index is 2.14. The monoisotopic (exact) mass is 161 g/mol. The Morgan fingerprint density at radius 1 is 1.33 bits per heavy atom. The molecule has 0 atom stereocenters. The molecular formula is C7H7N5. The van der Waals surface area contributed by atoms with Crippen molar-refractivity contribution in [2.75, 3.05) is 0 Å². The van der Waals surface area contributed by atoms with E-state index in [1.165, 1.54) is 6.33 Å². The second-order valence-electron chi connectivity index (χ2n) is 2.24. The van der Waals surface area contributed by atoms with E-state index in [0.717, 1.165) is 11.4 Å². The first-order valence-electron chi connectivity index (χ1n) is 3.48. The van der Waals surface area contributed by atoms with Gasteiger partial charge in [0.25, 0.3) is 0 Å². The van der Waals surface area contributed by atoms with Crippen LogP contribution >= 0.6 is 0 Å². The standard InChI is InChI=1S/C7H7N5/c1(6-3-9-10-4-6)2-7-8-5-11-12-7/h1-5H,(H,9,10)(H,8,11,12)/b2-1+. The second-order valence-corrected chi connectivity index (χ2v) is 2.24. The molecule has 0 spiro atoms. The lowest BCUT2D eigenvalue weighted by Gasteiger charge is -1.80. The minimum Gasteiger partial charge on any atom is -0.328 e. The summed E-state index contributed by atoms with van der Waals surface area (Å²) in [6.07, 6.45) is 8.79. The molecule has 5 heteroatoms. The van der Waals surface area contributed by atoms with Gasteiger partial charge in [0.05, 0.1) is 6.20 Å². The van der Waals surface area contributed by atoms with E-state index in [9.17, 15) is 0 Å². The van der Waals surface area contributed by atoms with E-state index in [-0.39, 0.29) is 0 Å². The summed E-state index contributed by atoms with van der Waals surface area (Å²) in [6, 6.07) is 0. The quantitative estimate of drug-likeness (QED) is 0.681. The van der Waals surface area contributed by atoms with Gasteiger partial charge in [0.15, 0.2) is 5.82 Å². The van der Waals surface area contributed by atoms with Gasteiger partial charge in [0.2, 0.25) is 0 Å². The van der Waals surface area contributed by atoms with Crippen LogP contribution in [0.25, 0.3) is 12.2 Å². The number of rotatable bonds is 2. The normalized spacial score (nSPS) is 11.0. The summed E-state index contributed by atoms with van der Waals surface area (Å²) in [6.45, 7) is 0. The van der Waals surface area contributed by atoms with E-state index in [1.807, 2.05) is 12.2 Å². The fourth-order valence-corrected chi connectivity index (χ4v) is 0.824. The molecule has 60 valence electrons. The van der Waals surface area contributed by atoms with Gasteiger partial charge in [-0.1, -0.05) is 0 Å². The SMILES string of the molecule is C(=C\c1nnc[nH]1)/c1cn[nH]c1.